The zero-order valence-corrected chi connectivity index (χ0v) is 11.5. The Morgan fingerprint density at radius 2 is 2.05 bits per heavy atom. The molecule has 102 valence electrons. The van der Waals surface area contributed by atoms with Crippen molar-refractivity contribution in [2.24, 2.45) is 10.7 Å². The van der Waals surface area contributed by atoms with Gasteiger partial charge in [0.05, 0.1) is 0 Å². The van der Waals surface area contributed by atoms with Crippen molar-refractivity contribution < 1.29 is 4.79 Å². The third-order valence-electron chi connectivity index (χ3n) is 2.91. The van der Waals surface area contributed by atoms with E-state index < -0.39 is 0 Å². The van der Waals surface area contributed by atoms with Crippen LogP contribution in [0.5, 0.6) is 0 Å². The third-order valence-corrected chi connectivity index (χ3v) is 2.91. The molecular formula is C15H21N3O. The number of carbonyl (C=O) groups is 1. The van der Waals surface area contributed by atoms with Gasteiger partial charge in [0.2, 0.25) is 0 Å². The molecule has 1 atom stereocenters. The van der Waals surface area contributed by atoms with Gasteiger partial charge in [0.15, 0.2) is 0 Å². The molecule has 0 aromatic heterocycles. The highest BCUT2D eigenvalue weighted by molar-refractivity contribution is 6.45. The van der Waals surface area contributed by atoms with Crippen LogP contribution in [0, 0.1) is 0 Å². The molecule has 0 spiro atoms. The number of nitrogens with one attached hydrogen (secondary N) is 1. The summed E-state index contributed by atoms with van der Waals surface area (Å²) in [7, 11) is 1.59. The third kappa shape index (κ3) is 4.34. The average Bonchev–Trinajstić information content (AvgIpc) is 2.46. The summed E-state index contributed by atoms with van der Waals surface area (Å²) in [5.41, 5.74) is 8.13. The lowest BCUT2D eigenvalue weighted by molar-refractivity contribution is -0.114. The number of carbonyl (C=O) groups excluding carboxylic acids is 1. The first-order chi connectivity index (χ1) is 9.10. The second-order valence-electron chi connectivity index (χ2n) is 4.26. The van der Waals surface area contributed by atoms with E-state index in [0.717, 1.165) is 11.1 Å². The van der Waals surface area contributed by atoms with E-state index in [2.05, 4.69) is 16.9 Å². The van der Waals surface area contributed by atoms with Crippen molar-refractivity contribution in [1.29, 1.82) is 0 Å². The Balaban J connectivity index is 2.57. The molecule has 0 radical (unpaired) electrons. The average molecular weight is 259 g/mol. The van der Waals surface area contributed by atoms with Crippen molar-refractivity contribution in [3.8, 4) is 0 Å². The van der Waals surface area contributed by atoms with E-state index in [1.54, 1.807) is 7.05 Å². The number of aliphatic imine (C=N–C) groups is 1. The SMILES string of the molecule is C=C(CC)C(=NC)C(=O)NCC(N)c1ccccc1. The van der Waals surface area contributed by atoms with Crippen LogP contribution < -0.4 is 11.1 Å². The lowest BCUT2D eigenvalue weighted by Crippen LogP contribution is -2.37. The Labute approximate surface area is 114 Å². The first kappa shape index (κ1) is 15.1. The number of hydrogen-bond acceptors (Lipinski definition) is 3. The Hall–Kier alpha value is -1.94. The highest BCUT2D eigenvalue weighted by atomic mass is 16.1. The van der Waals surface area contributed by atoms with Gasteiger partial charge in [-0.15, -0.1) is 0 Å². The van der Waals surface area contributed by atoms with Gasteiger partial charge in [0.1, 0.15) is 5.71 Å². The van der Waals surface area contributed by atoms with E-state index in [1.807, 2.05) is 37.3 Å². The van der Waals surface area contributed by atoms with Gasteiger partial charge < -0.3 is 11.1 Å². The molecule has 0 heterocycles. The zero-order chi connectivity index (χ0) is 14.3. The van der Waals surface area contributed by atoms with Crippen molar-refractivity contribution in [1.82, 2.24) is 5.32 Å². The molecule has 0 aliphatic carbocycles. The number of nitrogens with two attached hydrogens (primary N) is 1. The van der Waals surface area contributed by atoms with Gasteiger partial charge in [-0.2, -0.15) is 0 Å². The molecule has 3 N–H and O–H groups in total. The van der Waals surface area contributed by atoms with Crippen LogP contribution in [0.25, 0.3) is 0 Å². The smallest absolute Gasteiger partial charge is 0.269 e. The molecule has 4 nitrogen and oxygen atoms in total. The highest BCUT2D eigenvalue weighted by Gasteiger charge is 2.14. The summed E-state index contributed by atoms with van der Waals surface area (Å²) in [6.07, 6.45) is 0.699. The summed E-state index contributed by atoms with van der Waals surface area (Å²) in [4.78, 5) is 15.9. The topological polar surface area (TPSA) is 67.5 Å². The van der Waals surface area contributed by atoms with Gasteiger partial charge in [-0.3, -0.25) is 9.79 Å². The van der Waals surface area contributed by atoms with E-state index in [-0.39, 0.29) is 11.9 Å². The predicted molar refractivity (Wildman–Crippen MR) is 79.2 cm³/mol. The Morgan fingerprint density at radius 1 is 1.42 bits per heavy atom. The monoisotopic (exact) mass is 259 g/mol. The summed E-state index contributed by atoms with van der Waals surface area (Å²) >= 11 is 0. The van der Waals surface area contributed by atoms with Gasteiger partial charge in [0.25, 0.3) is 5.91 Å². The number of rotatable bonds is 6. The van der Waals surface area contributed by atoms with E-state index >= 15 is 0 Å². The molecule has 0 saturated heterocycles. The molecule has 1 unspecified atom stereocenters. The van der Waals surface area contributed by atoms with Crippen LogP contribution in [0.3, 0.4) is 0 Å². The minimum absolute atomic E-state index is 0.222. The van der Waals surface area contributed by atoms with Crippen LogP contribution in [-0.4, -0.2) is 25.2 Å². The highest BCUT2D eigenvalue weighted by Crippen LogP contribution is 2.08. The van der Waals surface area contributed by atoms with E-state index in [1.165, 1.54) is 0 Å². The first-order valence-corrected chi connectivity index (χ1v) is 6.33. The number of nitrogens with zero attached hydrogens (tertiary/aromatic N) is 1. The molecule has 0 bridgehead atoms. The van der Waals surface area contributed by atoms with Gasteiger partial charge in [-0.1, -0.05) is 43.8 Å². The quantitative estimate of drug-likeness (QED) is 0.765. The summed E-state index contributed by atoms with van der Waals surface area (Å²) in [5, 5.41) is 2.79. The van der Waals surface area contributed by atoms with Gasteiger partial charge >= 0.3 is 0 Å². The van der Waals surface area contributed by atoms with Gasteiger partial charge in [0, 0.05) is 19.6 Å². The zero-order valence-electron chi connectivity index (χ0n) is 11.5. The molecular weight excluding hydrogens is 238 g/mol. The summed E-state index contributed by atoms with van der Waals surface area (Å²) in [6.45, 7) is 6.14. The van der Waals surface area contributed by atoms with Crippen molar-refractivity contribution in [3.05, 3.63) is 48.0 Å². The number of benzene rings is 1. The van der Waals surface area contributed by atoms with E-state index in [9.17, 15) is 4.79 Å². The van der Waals surface area contributed by atoms with Crippen LogP contribution in [0.2, 0.25) is 0 Å². The van der Waals surface area contributed by atoms with Gasteiger partial charge in [-0.05, 0) is 17.6 Å². The second-order valence-corrected chi connectivity index (χ2v) is 4.26. The standard InChI is InChI=1S/C15H21N3O/c1-4-11(2)14(17-3)15(19)18-10-13(16)12-8-6-5-7-9-12/h5-9,13H,2,4,10,16H2,1,3H3,(H,18,19). The maximum absolute atomic E-state index is 12.0. The Bertz CT molecular complexity index is 466. The minimum atomic E-state index is -0.224. The van der Waals surface area contributed by atoms with Crippen molar-refractivity contribution >= 4 is 11.6 Å². The summed E-state index contributed by atoms with van der Waals surface area (Å²) in [6, 6.07) is 9.44. The van der Waals surface area contributed by atoms with E-state index in [4.69, 9.17) is 5.73 Å². The fourth-order valence-corrected chi connectivity index (χ4v) is 1.69. The van der Waals surface area contributed by atoms with Crippen molar-refractivity contribution in [3.63, 3.8) is 0 Å². The molecule has 19 heavy (non-hydrogen) atoms. The van der Waals surface area contributed by atoms with E-state index in [0.29, 0.717) is 18.7 Å². The molecule has 1 aromatic rings. The maximum Gasteiger partial charge on any atom is 0.269 e. The maximum atomic E-state index is 12.0. The molecule has 4 heteroatoms. The number of amides is 1. The van der Waals surface area contributed by atoms with Crippen LogP contribution in [0.4, 0.5) is 0 Å². The largest absolute Gasteiger partial charge is 0.349 e. The molecule has 1 rings (SSSR count). The Kier molecular flexibility index (Phi) is 5.96. The van der Waals surface area contributed by atoms with Gasteiger partial charge in [-0.25, -0.2) is 0 Å². The Morgan fingerprint density at radius 3 is 2.58 bits per heavy atom. The van der Waals surface area contributed by atoms with Crippen molar-refractivity contribution in [2.45, 2.75) is 19.4 Å². The number of hydrogen-bond donors (Lipinski definition) is 2. The minimum Gasteiger partial charge on any atom is -0.349 e. The normalized spacial score (nSPS) is 12.9. The lowest BCUT2D eigenvalue weighted by atomic mass is 10.1. The lowest BCUT2D eigenvalue weighted by Gasteiger charge is -2.14. The fraction of sp³-hybridized carbons (Fsp3) is 0.333. The predicted octanol–water partition coefficient (Wildman–Crippen LogP) is 1.84. The first-order valence-electron chi connectivity index (χ1n) is 6.33. The van der Waals surface area contributed by atoms with Crippen LogP contribution in [-0.2, 0) is 4.79 Å². The van der Waals surface area contributed by atoms with Crippen LogP contribution in [0.1, 0.15) is 24.9 Å². The summed E-state index contributed by atoms with van der Waals surface area (Å²) in [5.74, 6) is -0.222. The van der Waals surface area contributed by atoms with Crippen LogP contribution >= 0.6 is 0 Å². The molecule has 0 aliphatic rings. The molecule has 0 saturated carbocycles. The van der Waals surface area contributed by atoms with Crippen molar-refractivity contribution in [2.75, 3.05) is 13.6 Å². The van der Waals surface area contributed by atoms with Crippen LogP contribution in [0.15, 0.2) is 47.5 Å². The second kappa shape index (κ2) is 7.48. The summed E-state index contributed by atoms with van der Waals surface area (Å²) < 4.78 is 0. The molecule has 1 amide bonds. The molecule has 0 aliphatic heterocycles. The molecule has 0 fully saturated rings. The fourth-order valence-electron chi connectivity index (χ4n) is 1.69. The molecule has 1 aromatic carbocycles.